The Hall–Kier alpha value is -1.54. The number of amides is 2. The van der Waals surface area contributed by atoms with Crippen LogP contribution in [-0.4, -0.2) is 42.3 Å². The molecule has 2 heterocycles. The second-order valence-corrected chi connectivity index (χ2v) is 6.27. The highest BCUT2D eigenvalue weighted by Crippen LogP contribution is 2.24. The Balaban J connectivity index is 1.73. The van der Waals surface area contributed by atoms with Gasteiger partial charge in [0, 0.05) is 30.8 Å². The van der Waals surface area contributed by atoms with E-state index in [4.69, 9.17) is 5.73 Å². The zero-order valence-corrected chi connectivity index (χ0v) is 12.9. The largest absolute Gasteiger partial charge is 0.350 e. The molecule has 122 valence electrons. The molecule has 3 N–H and O–H groups in total. The lowest BCUT2D eigenvalue weighted by molar-refractivity contribution is -0.134. The minimum absolute atomic E-state index is 0.0273. The predicted octanol–water partition coefficient (Wildman–Crippen LogP) is 1.12. The van der Waals surface area contributed by atoms with Crippen LogP contribution >= 0.6 is 11.3 Å². The molecular weight excluding hydrogens is 312 g/mol. The third kappa shape index (κ3) is 4.48. The Bertz CT molecular complexity index is 548. The van der Waals surface area contributed by atoms with Crippen LogP contribution in [0, 0.1) is 0 Å². The van der Waals surface area contributed by atoms with Gasteiger partial charge in [-0.05, 0) is 23.4 Å². The van der Waals surface area contributed by atoms with Crippen molar-refractivity contribution in [2.75, 3.05) is 19.6 Å². The maximum atomic E-state index is 12.9. The van der Waals surface area contributed by atoms with E-state index in [0.29, 0.717) is 13.1 Å². The number of carbonyl (C=O) groups is 2. The quantitative estimate of drug-likeness (QED) is 0.820. The smallest absolute Gasteiger partial charge is 0.277 e. The molecule has 0 spiro atoms. The van der Waals surface area contributed by atoms with Gasteiger partial charge in [0.25, 0.3) is 5.92 Å². The van der Waals surface area contributed by atoms with Gasteiger partial charge in [0.05, 0.1) is 13.1 Å². The van der Waals surface area contributed by atoms with Crippen molar-refractivity contribution in [2.45, 2.75) is 31.7 Å². The summed E-state index contributed by atoms with van der Waals surface area (Å²) in [6.07, 6.45) is 0.764. The molecule has 0 atom stereocenters. The van der Waals surface area contributed by atoms with Gasteiger partial charge in [-0.2, -0.15) is 0 Å². The molecule has 1 aromatic heterocycles. The van der Waals surface area contributed by atoms with E-state index in [0.717, 1.165) is 12.0 Å². The minimum atomic E-state index is -3.11. The lowest BCUT2D eigenvalue weighted by Crippen LogP contribution is -2.42. The van der Waals surface area contributed by atoms with Crippen molar-refractivity contribution in [2.24, 2.45) is 5.73 Å². The van der Waals surface area contributed by atoms with Crippen LogP contribution in [0.3, 0.4) is 0 Å². The number of hydrogen-bond donors (Lipinski definition) is 2. The van der Waals surface area contributed by atoms with Crippen LogP contribution in [0.15, 0.2) is 11.4 Å². The molecule has 0 bridgehead atoms. The lowest BCUT2D eigenvalue weighted by Gasteiger charge is -2.27. The molecule has 0 aromatic carbocycles. The first kappa shape index (κ1) is 16.8. The fourth-order valence-electron chi connectivity index (χ4n) is 2.23. The van der Waals surface area contributed by atoms with Crippen LogP contribution in [-0.2, 0) is 22.6 Å². The van der Waals surface area contributed by atoms with Gasteiger partial charge in [0.15, 0.2) is 0 Å². The van der Waals surface area contributed by atoms with Crippen LogP contribution in [0.1, 0.15) is 23.3 Å². The SMILES string of the molecule is NCC(F)(F)CNC(=O)CCC(=O)N1CCc2sccc2C1. The highest BCUT2D eigenvalue weighted by molar-refractivity contribution is 7.10. The molecule has 0 saturated heterocycles. The maximum absolute atomic E-state index is 12.9. The predicted molar refractivity (Wildman–Crippen MR) is 79.7 cm³/mol. The fraction of sp³-hybridized carbons (Fsp3) is 0.571. The van der Waals surface area contributed by atoms with Gasteiger partial charge < -0.3 is 16.0 Å². The molecule has 0 unspecified atom stereocenters. The molecule has 0 fully saturated rings. The molecular formula is C14H19F2N3O2S. The van der Waals surface area contributed by atoms with Crippen LogP contribution in [0.5, 0.6) is 0 Å². The normalized spacial score (nSPS) is 14.6. The molecule has 8 heteroatoms. The number of halogens is 2. The molecule has 2 rings (SSSR count). The monoisotopic (exact) mass is 331 g/mol. The second kappa shape index (κ2) is 7.15. The van der Waals surface area contributed by atoms with Crippen LogP contribution in [0.4, 0.5) is 8.78 Å². The van der Waals surface area contributed by atoms with Crippen molar-refractivity contribution in [1.82, 2.24) is 10.2 Å². The van der Waals surface area contributed by atoms with Gasteiger partial charge in [-0.3, -0.25) is 9.59 Å². The van der Waals surface area contributed by atoms with Crippen molar-refractivity contribution in [3.63, 3.8) is 0 Å². The first-order valence-corrected chi connectivity index (χ1v) is 7.97. The number of nitrogens with zero attached hydrogens (tertiary/aromatic N) is 1. The topological polar surface area (TPSA) is 75.4 Å². The van der Waals surface area contributed by atoms with E-state index in [1.165, 1.54) is 4.88 Å². The molecule has 0 aliphatic carbocycles. The Kier molecular flexibility index (Phi) is 5.47. The summed E-state index contributed by atoms with van der Waals surface area (Å²) >= 11 is 1.69. The van der Waals surface area contributed by atoms with Crippen molar-refractivity contribution in [3.8, 4) is 0 Å². The summed E-state index contributed by atoms with van der Waals surface area (Å²) in [5, 5.41) is 4.11. The summed E-state index contributed by atoms with van der Waals surface area (Å²) < 4.78 is 25.8. The van der Waals surface area contributed by atoms with Crippen LogP contribution in [0.25, 0.3) is 0 Å². The standard InChI is InChI=1S/C14H19F2N3O2S/c15-14(16,8-17)9-18-12(20)1-2-13(21)19-5-3-11-10(7-19)4-6-22-11/h4,6H,1-3,5,7-9,17H2,(H,18,20). The highest BCUT2D eigenvalue weighted by atomic mass is 32.1. The Morgan fingerprint density at radius 2 is 2.18 bits per heavy atom. The summed E-state index contributed by atoms with van der Waals surface area (Å²) in [5.74, 6) is -3.80. The average Bonchev–Trinajstić information content (AvgIpc) is 2.98. The van der Waals surface area contributed by atoms with Crippen molar-refractivity contribution in [1.29, 1.82) is 0 Å². The lowest BCUT2D eigenvalue weighted by atomic mass is 10.1. The Morgan fingerprint density at radius 3 is 2.91 bits per heavy atom. The number of nitrogens with two attached hydrogens (primary N) is 1. The van der Waals surface area contributed by atoms with Crippen molar-refractivity contribution in [3.05, 3.63) is 21.9 Å². The zero-order chi connectivity index (χ0) is 16.2. The summed E-state index contributed by atoms with van der Waals surface area (Å²) in [5.41, 5.74) is 6.03. The number of nitrogens with one attached hydrogen (secondary N) is 1. The molecule has 1 aromatic rings. The first-order valence-electron chi connectivity index (χ1n) is 7.09. The van der Waals surface area contributed by atoms with Gasteiger partial charge in [-0.15, -0.1) is 11.3 Å². The molecule has 1 aliphatic rings. The maximum Gasteiger partial charge on any atom is 0.277 e. The van der Waals surface area contributed by atoms with E-state index in [-0.39, 0.29) is 18.7 Å². The molecule has 0 saturated carbocycles. The summed E-state index contributed by atoms with van der Waals surface area (Å²) in [6, 6.07) is 2.00. The average molecular weight is 331 g/mol. The van der Waals surface area contributed by atoms with E-state index >= 15 is 0 Å². The Morgan fingerprint density at radius 1 is 1.41 bits per heavy atom. The van der Waals surface area contributed by atoms with E-state index in [1.807, 2.05) is 11.4 Å². The number of thiophene rings is 1. The zero-order valence-electron chi connectivity index (χ0n) is 12.1. The van der Waals surface area contributed by atoms with Gasteiger partial charge in [-0.25, -0.2) is 8.78 Å². The summed E-state index contributed by atoms with van der Waals surface area (Å²) in [4.78, 5) is 26.6. The van der Waals surface area contributed by atoms with E-state index < -0.39 is 24.9 Å². The molecule has 2 amide bonds. The number of carbonyl (C=O) groups excluding carboxylic acids is 2. The highest BCUT2D eigenvalue weighted by Gasteiger charge is 2.27. The fourth-order valence-corrected chi connectivity index (χ4v) is 3.12. The van der Waals surface area contributed by atoms with Gasteiger partial charge >= 0.3 is 0 Å². The van der Waals surface area contributed by atoms with Gasteiger partial charge in [0.2, 0.25) is 11.8 Å². The molecule has 22 heavy (non-hydrogen) atoms. The third-order valence-electron chi connectivity index (χ3n) is 3.57. The summed E-state index contributed by atoms with van der Waals surface area (Å²) in [7, 11) is 0. The number of alkyl halides is 2. The molecule has 5 nitrogen and oxygen atoms in total. The van der Waals surface area contributed by atoms with Crippen LogP contribution in [0.2, 0.25) is 0 Å². The number of rotatable bonds is 6. The Labute approximate surface area is 131 Å². The van der Waals surface area contributed by atoms with Gasteiger partial charge in [-0.1, -0.05) is 0 Å². The first-order chi connectivity index (χ1) is 10.4. The van der Waals surface area contributed by atoms with Crippen molar-refractivity contribution < 1.29 is 18.4 Å². The van der Waals surface area contributed by atoms with Crippen molar-refractivity contribution >= 4 is 23.2 Å². The second-order valence-electron chi connectivity index (χ2n) is 5.27. The number of fused-ring (bicyclic) bond motifs is 1. The molecule has 0 radical (unpaired) electrons. The van der Waals surface area contributed by atoms with Crippen LogP contribution < -0.4 is 11.1 Å². The van der Waals surface area contributed by atoms with E-state index in [9.17, 15) is 18.4 Å². The van der Waals surface area contributed by atoms with Gasteiger partial charge in [0.1, 0.15) is 0 Å². The number of hydrogen-bond acceptors (Lipinski definition) is 4. The summed E-state index contributed by atoms with van der Waals surface area (Å²) in [6.45, 7) is -0.412. The van der Waals surface area contributed by atoms with E-state index in [2.05, 4.69) is 5.32 Å². The third-order valence-corrected chi connectivity index (χ3v) is 4.59. The molecule has 1 aliphatic heterocycles. The van der Waals surface area contributed by atoms with E-state index in [1.54, 1.807) is 16.2 Å². The minimum Gasteiger partial charge on any atom is -0.350 e.